The molecule has 1 atom stereocenters. The molecule has 3 heteroatoms. The van der Waals surface area contributed by atoms with E-state index in [1.807, 2.05) is 12.1 Å². The Kier molecular flexibility index (Phi) is 6.13. The molecular formula is C15H24ClNO. The second kappa shape index (κ2) is 7.13. The molecule has 0 saturated carbocycles. The normalized spacial score (nSPS) is 13.6. The minimum Gasteiger partial charge on any atom is -0.379 e. The quantitative estimate of drug-likeness (QED) is 0.801. The standard InChI is InChI=1S/C15H24ClNO/c1-5-10-17-14(11-15(2,3)18-4)12-6-8-13(16)9-7-12/h6-9,14,17H,5,10-11H2,1-4H3. The Labute approximate surface area is 116 Å². The van der Waals surface area contributed by atoms with E-state index in [0.29, 0.717) is 6.04 Å². The molecule has 1 aromatic rings. The van der Waals surface area contributed by atoms with E-state index in [1.165, 1.54) is 5.56 Å². The third kappa shape index (κ3) is 4.97. The summed E-state index contributed by atoms with van der Waals surface area (Å²) in [6.07, 6.45) is 2.06. The highest BCUT2D eigenvalue weighted by Crippen LogP contribution is 2.26. The summed E-state index contributed by atoms with van der Waals surface area (Å²) in [5.74, 6) is 0. The van der Waals surface area contributed by atoms with Crippen molar-refractivity contribution in [3.05, 3.63) is 34.9 Å². The number of methoxy groups -OCH3 is 1. The lowest BCUT2D eigenvalue weighted by molar-refractivity contribution is 0.00685. The molecule has 0 saturated heterocycles. The van der Waals surface area contributed by atoms with E-state index < -0.39 is 0 Å². The molecule has 0 aromatic heterocycles. The third-order valence-electron chi connectivity index (χ3n) is 3.16. The maximum Gasteiger partial charge on any atom is 0.0640 e. The van der Waals surface area contributed by atoms with E-state index in [-0.39, 0.29) is 5.60 Å². The lowest BCUT2D eigenvalue weighted by Crippen LogP contribution is -2.32. The third-order valence-corrected chi connectivity index (χ3v) is 3.41. The van der Waals surface area contributed by atoms with Crippen LogP contribution in [0.1, 0.15) is 45.2 Å². The molecule has 0 amide bonds. The maximum absolute atomic E-state index is 5.94. The Morgan fingerprint density at radius 2 is 1.89 bits per heavy atom. The number of benzene rings is 1. The zero-order chi connectivity index (χ0) is 13.6. The number of hydrogen-bond donors (Lipinski definition) is 1. The first-order valence-electron chi connectivity index (χ1n) is 6.52. The monoisotopic (exact) mass is 269 g/mol. The van der Waals surface area contributed by atoms with Crippen LogP contribution in [-0.4, -0.2) is 19.3 Å². The van der Waals surface area contributed by atoms with Crippen LogP contribution in [0.3, 0.4) is 0 Å². The van der Waals surface area contributed by atoms with Crippen molar-refractivity contribution in [3.8, 4) is 0 Å². The number of rotatable bonds is 7. The van der Waals surface area contributed by atoms with Gasteiger partial charge in [0.05, 0.1) is 5.60 Å². The lowest BCUT2D eigenvalue weighted by Gasteiger charge is -2.29. The predicted octanol–water partition coefficient (Wildman–Crippen LogP) is 4.20. The van der Waals surface area contributed by atoms with Gasteiger partial charge in [-0.05, 0) is 50.9 Å². The van der Waals surface area contributed by atoms with Gasteiger partial charge in [-0.1, -0.05) is 30.7 Å². The highest BCUT2D eigenvalue weighted by molar-refractivity contribution is 6.30. The average Bonchev–Trinajstić information content (AvgIpc) is 2.35. The number of hydrogen-bond acceptors (Lipinski definition) is 2. The fourth-order valence-corrected chi connectivity index (χ4v) is 2.02. The van der Waals surface area contributed by atoms with Crippen molar-refractivity contribution in [2.45, 2.75) is 45.3 Å². The van der Waals surface area contributed by atoms with Gasteiger partial charge in [-0.2, -0.15) is 0 Å². The molecule has 0 aliphatic rings. The van der Waals surface area contributed by atoms with Crippen molar-refractivity contribution in [2.75, 3.05) is 13.7 Å². The van der Waals surface area contributed by atoms with E-state index in [9.17, 15) is 0 Å². The molecule has 18 heavy (non-hydrogen) atoms. The Hall–Kier alpha value is -0.570. The predicted molar refractivity (Wildman–Crippen MR) is 78.2 cm³/mol. The van der Waals surface area contributed by atoms with Crippen molar-refractivity contribution in [3.63, 3.8) is 0 Å². The summed E-state index contributed by atoms with van der Waals surface area (Å²) in [4.78, 5) is 0. The topological polar surface area (TPSA) is 21.3 Å². The van der Waals surface area contributed by atoms with Gasteiger partial charge < -0.3 is 10.1 Å². The van der Waals surface area contributed by atoms with Crippen LogP contribution in [0.25, 0.3) is 0 Å². The molecule has 0 bridgehead atoms. The summed E-state index contributed by atoms with van der Waals surface area (Å²) >= 11 is 5.94. The Morgan fingerprint density at radius 1 is 1.28 bits per heavy atom. The number of ether oxygens (including phenoxy) is 1. The smallest absolute Gasteiger partial charge is 0.0640 e. The SMILES string of the molecule is CCCNC(CC(C)(C)OC)c1ccc(Cl)cc1. The van der Waals surface area contributed by atoms with Crippen LogP contribution in [0.15, 0.2) is 24.3 Å². The van der Waals surface area contributed by atoms with Crippen LogP contribution in [0.5, 0.6) is 0 Å². The van der Waals surface area contributed by atoms with Crippen molar-refractivity contribution >= 4 is 11.6 Å². The first-order chi connectivity index (χ1) is 8.48. The van der Waals surface area contributed by atoms with Gasteiger partial charge in [0.2, 0.25) is 0 Å². The van der Waals surface area contributed by atoms with Crippen molar-refractivity contribution < 1.29 is 4.74 Å². The van der Waals surface area contributed by atoms with Gasteiger partial charge in [-0.25, -0.2) is 0 Å². The molecule has 102 valence electrons. The molecule has 2 nitrogen and oxygen atoms in total. The molecule has 0 fully saturated rings. The second-order valence-corrected chi connectivity index (χ2v) is 5.66. The van der Waals surface area contributed by atoms with Crippen LogP contribution >= 0.6 is 11.6 Å². The molecule has 0 spiro atoms. The molecule has 1 aromatic carbocycles. The van der Waals surface area contributed by atoms with E-state index in [0.717, 1.165) is 24.4 Å². The zero-order valence-electron chi connectivity index (χ0n) is 11.8. The molecule has 1 N–H and O–H groups in total. The molecule has 1 rings (SSSR count). The minimum absolute atomic E-state index is 0.134. The lowest BCUT2D eigenvalue weighted by atomic mass is 9.93. The van der Waals surface area contributed by atoms with Gasteiger partial charge in [-0.3, -0.25) is 0 Å². The summed E-state index contributed by atoms with van der Waals surface area (Å²) in [7, 11) is 1.76. The molecular weight excluding hydrogens is 246 g/mol. The van der Waals surface area contributed by atoms with E-state index in [2.05, 4.69) is 38.2 Å². The largest absolute Gasteiger partial charge is 0.379 e. The first-order valence-corrected chi connectivity index (χ1v) is 6.90. The Balaban J connectivity index is 2.80. The highest BCUT2D eigenvalue weighted by atomic mass is 35.5. The molecule has 0 aliphatic heterocycles. The van der Waals surface area contributed by atoms with Gasteiger partial charge in [0.25, 0.3) is 0 Å². The molecule has 0 radical (unpaired) electrons. The van der Waals surface area contributed by atoms with E-state index >= 15 is 0 Å². The van der Waals surface area contributed by atoms with Crippen LogP contribution in [0.4, 0.5) is 0 Å². The summed E-state index contributed by atoms with van der Waals surface area (Å²) in [5.41, 5.74) is 1.13. The maximum atomic E-state index is 5.94. The Morgan fingerprint density at radius 3 is 2.39 bits per heavy atom. The van der Waals surface area contributed by atoms with Crippen LogP contribution < -0.4 is 5.32 Å². The summed E-state index contributed by atoms with van der Waals surface area (Å²) in [6.45, 7) is 7.41. The van der Waals surface area contributed by atoms with Gasteiger partial charge in [0.15, 0.2) is 0 Å². The number of nitrogens with one attached hydrogen (secondary N) is 1. The highest BCUT2D eigenvalue weighted by Gasteiger charge is 2.23. The van der Waals surface area contributed by atoms with E-state index in [4.69, 9.17) is 16.3 Å². The first kappa shape index (κ1) is 15.5. The summed E-state index contributed by atoms with van der Waals surface area (Å²) < 4.78 is 5.53. The molecule has 0 heterocycles. The minimum atomic E-state index is -0.134. The van der Waals surface area contributed by atoms with Crippen LogP contribution in [-0.2, 0) is 4.74 Å². The van der Waals surface area contributed by atoms with Crippen molar-refractivity contribution in [1.29, 1.82) is 0 Å². The van der Waals surface area contributed by atoms with E-state index in [1.54, 1.807) is 7.11 Å². The fourth-order valence-electron chi connectivity index (χ4n) is 1.90. The average molecular weight is 270 g/mol. The summed E-state index contributed by atoms with van der Waals surface area (Å²) in [5, 5.41) is 4.35. The summed E-state index contributed by atoms with van der Waals surface area (Å²) in [6, 6.07) is 8.36. The van der Waals surface area contributed by atoms with Gasteiger partial charge in [0, 0.05) is 18.2 Å². The van der Waals surface area contributed by atoms with Gasteiger partial charge in [0.1, 0.15) is 0 Å². The Bertz CT molecular complexity index is 348. The molecule has 1 unspecified atom stereocenters. The van der Waals surface area contributed by atoms with Crippen LogP contribution in [0, 0.1) is 0 Å². The molecule has 0 aliphatic carbocycles. The second-order valence-electron chi connectivity index (χ2n) is 5.23. The number of halogens is 1. The van der Waals surface area contributed by atoms with Crippen LogP contribution in [0.2, 0.25) is 5.02 Å². The zero-order valence-corrected chi connectivity index (χ0v) is 12.6. The van der Waals surface area contributed by atoms with Gasteiger partial charge in [-0.15, -0.1) is 0 Å². The van der Waals surface area contributed by atoms with Crippen molar-refractivity contribution in [2.24, 2.45) is 0 Å². The van der Waals surface area contributed by atoms with Gasteiger partial charge >= 0.3 is 0 Å². The van der Waals surface area contributed by atoms with Crippen molar-refractivity contribution in [1.82, 2.24) is 5.32 Å². The fraction of sp³-hybridized carbons (Fsp3) is 0.600.